The van der Waals surface area contributed by atoms with Gasteiger partial charge in [0.2, 0.25) is 0 Å². The summed E-state index contributed by atoms with van der Waals surface area (Å²) in [5, 5.41) is 4.99. The number of ether oxygens (including phenoxy) is 1. The first-order valence-electron chi connectivity index (χ1n) is 6.83. The Morgan fingerprint density at radius 3 is 2.74 bits per heavy atom. The van der Waals surface area contributed by atoms with Crippen LogP contribution in [-0.2, 0) is 20.0 Å². The molecule has 1 aromatic heterocycles. The molecule has 102 valence electrons. The first-order valence-corrected chi connectivity index (χ1v) is 6.83. The van der Waals surface area contributed by atoms with Gasteiger partial charge in [-0.15, -0.1) is 0 Å². The fourth-order valence-corrected chi connectivity index (χ4v) is 3.26. The zero-order chi connectivity index (χ0) is 13.8. The molecule has 1 aliphatic heterocycles. The second-order valence-electron chi connectivity index (χ2n) is 6.21. The zero-order valence-corrected chi connectivity index (χ0v) is 12.4. The first-order chi connectivity index (χ1) is 8.94. The van der Waals surface area contributed by atoms with E-state index in [2.05, 4.69) is 49.8 Å². The van der Waals surface area contributed by atoms with Crippen molar-refractivity contribution in [1.82, 2.24) is 9.88 Å². The van der Waals surface area contributed by atoms with E-state index in [0.29, 0.717) is 0 Å². The Balaban J connectivity index is 2.36. The maximum absolute atomic E-state index is 5.55. The van der Waals surface area contributed by atoms with Gasteiger partial charge in [-0.05, 0) is 38.0 Å². The number of rotatable bonds is 1. The molecule has 0 amide bonds. The molecule has 19 heavy (non-hydrogen) atoms. The minimum Gasteiger partial charge on any atom is -0.495 e. The van der Waals surface area contributed by atoms with Crippen LogP contribution in [-0.4, -0.2) is 17.2 Å². The molecule has 0 saturated heterocycles. The van der Waals surface area contributed by atoms with Crippen molar-refractivity contribution >= 4 is 10.9 Å². The lowest BCUT2D eigenvalue weighted by molar-refractivity contribution is 0.355. The Kier molecular flexibility index (Phi) is 2.65. The van der Waals surface area contributed by atoms with Crippen molar-refractivity contribution in [3.63, 3.8) is 0 Å². The van der Waals surface area contributed by atoms with Gasteiger partial charge < -0.3 is 14.6 Å². The molecule has 0 saturated carbocycles. The number of nitrogens with one attached hydrogen (secondary N) is 1. The number of benzene rings is 1. The van der Waals surface area contributed by atoms with Gasteiger partial charge >= 0.3 is 0 Å². The molecule has 0 fully saturated rings. The van der Waals surface area contributed by atoms with Gasteiger partial charge in [0.05, 0.1) is 12.6 Å². The predicted octanol–water partition coefficient (Wildman–Crippen LogP) is 2.92. The average Bonchev–Trinajstić information content (AvgIpc) is 2.64. The average molecular weight is 258 g/mol. The second-order valence-corrected chi connectivity index (χ2v) is 6.21. The number of hydrogen-bond donors (Lipinski definition) is 1. The van der Waals surface area contributed by atoms with Crippen molar-refractivity contribution in [2.45, 2.75) is 39.3 Å². The van der Waals surface area contributed by atoms with Gasteiger partial charge in [-0.25, -0.2) is 0 Å². The van der Waals surface area contributed by atoms with Crippen molar-refractivity contribution in [3.05, 3.63) is 29.0 Å². The molecule has 0 atom stereocenters. The Hall–Kier alpha value is -1.48. The highest BCUT2D eigenvalue weighted by molar-refractivity contribution is 5.93. The Bertz CT molecular complexity index is 653. The first kappa shape index (κ1) is 12.5. The lowest BCUT2D eigenvalue weighted by Gasteiger charge is -2.32. The van der Waals surface area contributed by atoms with E-state index >= 15 is 0 Å². The molecule has 2 aromatic rings. The van der Waals surface area contributed by atoms with Crippen molar-refractivity contribution in [3.8, 4) is 5.75 Å². The zero-order valence-electron chi connectivity index (χ0n) is 12.4. The van der Waals surface area contributed by atoms with Crippen molar-refractivity contribution in [1.29, 1.82) is 0 Å². The summed E-state index contributed by atoms with van der Waals surface area (Å²) in [5.74, 6) is 0.968. The minimum absolute atomic E-state index is 0.163. The number of aromatic nitrogens is 1. The number of hydrogen-bond acceptors (Lipinski definition) is 2. The van der Waals surface area contributed by atoms with Gasteiger partial charge in [0.15, 0.2) is 0 Å². The summed E-state index contributed by atoms with van der Waals surface area (Å²) in [7, 11) is 3.91. The maximum Gasteiger partial charge on any atom is 0.143 e. The van der Waals surface area contributed by atoms with Crippen LogP contribution in [0.2, 0.25) is 0 Å². The lowest BCUT2D eigenvalue weighted by atomic mass is 9.90. The van der Waals surface area contributed by atoms with Crippen LogP contribution >= 0.6 is 0 Å². The smallest absolute Gasteiger partial charge is 0.143 e. The summed E-state index contributed by atoms with van der Waals surface area (Å²) in [4.78, 5) is 0. The Labute approximate surface area is 114 Å². The van der Waals surface area contributed by atoms with Gasteiger partial charge in [0, 0.05) is 36.6 Å². The van der Waals surface area contributed by atoms with E-state index in [-0.39, 0.29) is 5.54 Å². The lowest BCUT2D eigenvalue weighted by Crippen LogP contribution is -2.44. The highest BCUT2D eigenvalue weighted by Crippen LogP contribution is 2.37. The summed E-state index contributed by atoms with van der Waals surface area (Å²) in [6, 6.07) is 4.23. The molecule has 1 aromatic carbocycles. The SMILES string of the molecule is COc1ccc(C)c2c3c(n(C)c12)CC(C)(C)NC3. The number of nitrogens with zero attached hydrogens (tertiary/aromatic N) is 1. The van der Waals surface area contributed by atoms with Crippen LogP contribution in [0.1, 0.15) is 30.7 Å². The highest BCUT2D eigenvalue weighted by atomic mass is 16.5. The summed E-state index contributed by atoms with van der Waals surface area (Å²) in [6.07, 6.45) is 1.05. The molecule has 1 N–H and O–H groups in total. The number of fused-ring (bicyclic) bond motifs is 3. The van der Waals surface area contributed by atoms with Crippen LogP contribution in [0.3, 0.4) is 0 Å². The topological polar surface area (TPSA) is 26.2 Å². The van der Waals surface area contributed by atoms with Gasteiger partial charge in [-0.3, -0.25) is 0 Å². The van der Waals surface area contributed by atoms with Crippen LogP contribution in [0, 0.1) is 6.92 Å². The van der Waals surface area contributed by atoms with E-state index in [1.165, 1.54) is 27.7 Å². The third-order valence-electron chi connectivity index (χ3n) is 4.31. The molecule has 3 heteroatoms. The molecule has 0 spiro atoms. The van der Waals surface area contributed by atoms with Crippen LogP contribution < -0.4 is 10.1 Å². The molecule has 0 aliphatic carbocycles. The van der Waals surface area contributed by atoms with E-state index in [1.807, 2.05) is 0 Å². The molecule has 0 radical (unpaired) electrons. The summed E-state index contributed by atoms with van der Waals surface area (Å²) < 4.78 is 7.87. The number of methoxy groups -OCH3 is 1. The fourth-order valence-electron chi connectivity index (χ4n) is 3.26. The summed E-state index contributed by atoms with van der Waals surface area (Å²) >= 11 is 0. The summed E-state index contributed by atoms with van der Waals surface area (Å²) in [5.41, 5.74) is 5.59. The van der Waals surface area contributed by atoms with Gasteiger partial charge in [0.25, 0.3) is 0 Å². The van der Waals surface area contributed by atoms with Gasteiger partial charge in [0.1, 0.15) is 5.75 Å². The quantitative estimate of drug-likeness (QED) is 0.851. The highest BCUT2D eigenvalue weighted by Gasteiger charge is 2.30. The second kappa shape index (κ2) is 4.01. The van der Waals surface area contributed by atoms with Crippen LogP contribution in [0.25, 0.3) is 10.9 Å². The molecular formula is C16H22N2O. The maximum atomic E-state index is 5.55. The van der Waals surface area contributed by atoms with E-state index in [0.717, 1.165) is 18.7 Å². The standard InChI is InChI=1S/C16H22N2O/c1-10-6-7-13(19-5)15-14(10)11-9-17-16(2,3)8-12(11)18(15)4/h6-7,17H,8-9H2,1-5H3. The third kappa shape index (κ3) is 1.76. The Morgan fingerprint density at radius 1 is 1.32 bits per heavy atom. The fraction of sp³-hybridized carbons (Fsp3) is 0.500. The largest absolute Gasteiger partial charge is 0.495 e. The third-order valence-corrected chi connectivity index (χ3v) is 4.31. The molecule has 2 heterocycles. The normalized spacial score (nSPS) is 17.5. The monoisotopic (exact) mass is 258 g/mol. The van der Waals surface area contributed by atoms with Crippen LogP contribution in [0.15, 0.2) is 12.1 Å². The Morgan fingerprint density at radius 2 is 2.05 bits per heavy atom. The molecular weight excluding hydrogens is 236 g/mol. The number of aryl methyl sites for hydroxylation is 2. The molecule has 1 aliphatic rings. The van der Waals surface area contributed by atoms with Gasteiger partial charge in [-0.2, -0.15) is 0 Å². The van der Waals surface area contributed by atoms with Gasteiger partial charge in [-0.1, -0.05) is 6.07 Å². The van der Waals surface area contributed by atoms with Crippen molar-refractivity contribution in [2.75, 3.05) is 7.11 Å². The summed E-state index contributed by atoms with van der Waals surface area (Å²) in [6.45, 7) is 7.64. The van der Waals surface area contributed by atoms with Crippen LogP contribution in [0.5, 0.6) is 5.75 Å². The molecule has 3 rings (SSSR count). The molecule has 0 bridgehead atoms. The van der Waals surface area contributed by atoms with Crippen LogP contribution in [0.4, 0.5) is 0 Å². The van der Waals surface area contributed by atoms with E-state index in [4.69, 9.17) is 4.74 Å². The van der Waals surface area contributed by atoms with E-state index in [9.17, 15) is 0 Å². The minimum atomic E-state index is 0.163. The van der Waals surface area contributed by atoms with E-state index < -0.39 is 0 Å². The molecule has 0 unspecified atom stereocenters. The van der Waals surface area contributed by atoms with Crippen molar-refractivity contribution < 1.29 is 4.74 Å². The van der Waals surface area contributed by atoms with Crippen molar-refractivity contribution in [2.24, 2.45) is 7.05 Å². The van der Waals surface area contributed by atoms with E-state index in [1.54, 1.807) is 7.11 Å². The predicted molar refractivity (Wildman–Crippen MR) is 78.8 cm³/mol. The molecule has 3 nitrogen and oxygen atoms in total.